The first-order valence-electron chi connectivity index (χ1n) is 5.46. The molecule has 1 aromatic rings. The van der Waals surface area contributed by atoms with E-state index in [9.17, 15) is 17.6 Å². The summed E-state index contributed by atoms with van der Waals surface area (Å²) >= 11 is 0. The van der Waals surface area contributed by atoms with Gasteiger partial charge in [-0.05, 0) is 6.92 Å². The minimum absolute atomic E-state index is 0.323. The predicted molar refractivity (Wildman–Crippen MR) is 65.8 cm³/mol. The second-order valence-electron chi connectivity index (χ2n) is 5.09. The summed E-state index contributed by atoms with van der Waals surface area (Å²) in [7, 11) is -1.68. The number of hydrogen-bond acceptors (Lipinski definition) is 0. The molecular formula is C13H14F4Si. The summed E-state index contributed by atoms with van der Waals surface area (Å²) in [4.78, 5) is 0. The maximum absolute atomic E-state index is 13.5. The first kappa shape index (κ1) is 14.8. The molecule has 1 rings (SSSR count). The first-order chi connectivity index (χ1) is 8.15. The van der Waals surface area contributed by atoms with Crippen molar-refractivity contribution in [1.82, 2.24) is 0 Å². The Kier molecular flexibility index (Phi) is 4.23. The van der Waals surface area contributed by atoms with Crippen LogP contribution in [0.3, 0.4) is 0 Å². The van der Waals surface area contributed by atoms with Gasteiger partial charge < -0.3 is 0 Å². The molecule has 1 aromatic carbocycles. The number of rotatable bonds is 1. The molecule has 0 heterocycles. The van der Waals surface area contributed by atoms with E-state index in [-0.39, 0.29) is 6.42 Å². The molecule has 0 radical (unpaired) electrons. The van der Waals surface area contributed by atoms with Crippen LogP contribution in [0.5, 0.6) is 0 Å². The summed E-state index contributed by atoms with van der Waals surface area (Å²) in [6.45, 7) is 6.88. The lowest BCUT2D eigenvalue weighted by molar-refractivity contribution is 0.434. The summed E-state index contributed by atoms with van der Waals surface area (Å²) in [5.74, 6) is -2.80. The fraction of sp³-hybridized carbons (Fsp3) is 0.385. The van der Waals surface area contributed by atoms with Crippen molar-refractivity contribution in [2.75, 3.05) is 0 Å². The lowest BCUT2D eigenvalue weighted by Gasteiger charge is -2.08. The highest BCUT2D eigenvalue weighted by molar-refractivity contribution is 6.83. The highest BCUT2D eigenvalue weighted by Gasteiger charge is 2.22. The minimum atomic E-state index is -1.68. The molecule has 0 aliphatic rings. The van der Waals surface area contributed by atoms with E-state index in [1.807, 2.05) is 19.6 Å². The van der Waals surface area contributed by atoms with Crippen LogP contribution in [0, 0.1) is 41.7 Å². The van der Waals surface area contributed by atoms with E-state index >= 15 is 0 Å². The Balaban J connectivity index is 3.22. The van der Waals surface area contributed by atoms with Gasteiger partial charge in [-0.25, -0.2) is 17.6 Å². The summed E-state index contributed by atoms with van der Waals surface area (Å²) in [6, 6.07) is 0. The van der Waals surface area contributed by atoms with E-state index in [2.05, 4.69) is 11.5 Å². The second kappa shape index (κ2) is 5.15. The Bertz CT molecular complexity index is 504. The van der Waals surface area contributed by atoms with Crippen LogP contribution in [0.15, 0.2) is 0 Å². The third kappa shape index (κ3) is 3.14. The molecule has 5 heteroatoms. The van der Waals surface area contributed by atoms with Gasteiger partial charge in [0.15, 0.2) is 23.3 Å². The fourth-order valence-corrected chi connectivity index (χ4v) is 1.96. The summed E-state index contributed by atoms with van der Waals surface area (Å²) in [5, 5.41) is 0. The number of benzene rings is 1. The topological polar surface area (TPSA) is 0 Å². The van der Waals surface area contributed by atoms with Gasteiger partial charge in [0, 0.05) is 17.5 Å². The quantitative estimate of drug-likeness (QED) is 0.314. The van der Waals surface area contributed by atoms with Crippen molar-refractivity contribution in [2.24, 2.45) is 0 Å². The fourth-order valence-electron chi connectivity index (χ4n) is 1.34. The Labute approximate surface area is 105 Å². The third-order valence-electron chi connectivity index (χ3n) is 2.30. The molecular weight excluding hydrogens is 260 g/mol. The van der Waals surface area contributed by atoms with Gasteiger partial charge in [0.05, 0.1) is 0 Å². The van der Waals surface area contributed by atoms with Crippen molar-refractivity contribution in [1.29, 1.82) is 0 Å². The smallest absolute Gasteiger partial charge is 0.166 e. The van der Waals surface area contributed by atoms with Crippen LogP contribution in [0.4, 0.5) is 17.6 Å². The van der Waals surface area contributed by atoms with Gasteiger partial charge in [-0.15, -0.1) is 11.5 Å². The molecule has 0 saturated carbocycles. The van der Waals surface area contributed by atoms with E-state index < -0.39 is 42.5 Å². The summed E-state index contributed by atoms with van der Waals surface area (Å²) in [5.41, 5.74) is 1.60. The van der Waals surface area contributed by atoms with Crippen LogP contribution >= 0.6 is 0 Å². The van der Waals surface area contributed by atoms with E-state index in [1.54, 1.807) is 0 Å². The largest absolute Gasteiger partial charge is 0.203 e. The predicted octanol–water partition coefficient (Wildman–Crippen LogP) is 3.97. The lowest BCUT2D eigenvalue weighted by Crippen LogP contribution is -2.16. The number of hydrogen-bond donors (Lipinski definition) is 0. The zero-order chi connectivity index (χ0) is 14.1. The molecule has 0 amide bonds. The maximum Gasteiger partial charge on any atom is 0.166 e. The number of halogens is 4. The van der Waals surface area contributed by atoms with Gasteiger partial charge in [-0.3, -0.25) is 0 Å². The van der Waals surface area contributed by atoms with Crippen molar-refractivity contribution in [3.05, 3.63) is 34.4 Å². The Morgan fingerprint density at radius 1 is 0.889 bits per heavy atom. The molecule has 0 saturated heterocycles. The molecule has 0 aliphatic carbocycles. The summed E-state index contributed by atoms with van der Waals surface area (Å²) < 4.78 is 53.5. The van der Waals surface area contributed by atoms with Crippen molar-refractivity contribution in [3.63, 3.8) is 0 Å². The molecule has 0 aliphatic heterocycles. The van der Waals surface area contributed by atoms with Crippen LogP contribution in [0.1, 0.15) is 11.1 Å². The highest BCUT2D eigenvalue weighted by Crippen LogP contribution is 2.23. The normalized spacial score (nSPS) is 11.1. The van der Waals surface area contributed by atoms with Gasteiger partial charge in [0.1, 0.15) is 8.07 Å². The molecule has 0 fully saturated rings. The highest BCUT2D eigenvalue weighted by atomic mass is 28.3. The van der Waals surface area contributed by atoms with Crippen molar-refractivity contribution in [3.8, 4) is 11.5 Å². The molecule has 18 heavy (non-hydrogen) atoms. The van der Waals surface area contributed by atoms with Crippen molar-refractivity contribution in [2.45, 2.75) is 33.0 Å². The molecule has 0 nitrogen and oxygen atoms in total. The van der Waals surface area contributed by atoms with Crippen LogP contribution < -0.4 is 0 Å². The van der Waals surface area contributed by atoms with Crippen LogP contribution in [-0.2, 0) is 6.42 Å². The van der Waals surface area contributed by atoms with E-state index in [4.69, 9.17) is 0 Å². The van der Waals surface area contributed by atoms with E-state index in [0.717, 1.165) is 6.92 Å². The standard InChI is InChI=1S/C13H14F4Si/c1-8-10(14)12(16)9(13(17)11(8)15)6-5-7-18(2,3)4/h6H2,1-4H3. The molecule has 0 aromatic heterocycles. The van der Waals surface area contributed by atoms with Gasteiger partial charge >= 0.3 is 0 Å². The Hall–Kier alpha value is -1.28. The molecule has 98 valence electrons. The lowest BCUT2D eigenvalue weighted by atomic mass is 10.1. The zero-order valence-electron chi connectivity index (χ0n) is 10.7. The van der Waals surface area contributed by atoms with E-state index in [1.165, 1.54) is 0 Å². The molecule has 0 N–H and O–H groups in total. The first-order valence-corrected chi connectivity index (χ1v) is 8.96. The van der Waals surface area contributed by atoms with Crippen LogP contribution in [0.25, 0.3) is 0 Å². The average molecular weight is 274 g/mol. The molecule has 0 atom stereocenters. The van der Waals surface area contributed by atoms with Crippen LogP contribution in [0.2, 0.25) is 19.6 Å². The molecule has 0 bridgehead atoms. The van der Waals surface area contributed by atoms with Gasteiger partial charge in [0.2, 0.25) is 0 Å². The van der Waals surface area contributed by atoms with Gasteiger partial charge in [0.25, 0.3) is 0 Å². The monoisotopic (exact) mass is 274 g/mol. The molecule has 0 spiro atoms. The molecule has 0 unspecified atom stereocenters. The Morgan fingerprint density at radius 3 is 1.72 bits per heavy atom. The van der Waals surface area contributed by atoms with Crippen LogP contribution in [-0.4, -0.2) is 8.07 Å². The SMILES string of the molecule is Cc1c(F)c(F)c(CC#C[Si](C)(C)C)c(F)c1F. The van der Waals surface area contributed by atoms with Crippen molar-refractivity contribution < 1.29 is 17.6 Å². The third-order valence-corrected chi connectivity index (χ3v) is 3.23. The average Bonchev–Trinajstić information content (AvgIpc) is 2.27. The van der Waals surface area contributed by atoms with Gasteiger partial charge in [-0.1, -0.05) is 19.6 Å². The Morgan fingerprint density at radius 2 is 1.33 bits per heavy atom. The summed E-state index contributed by atoms with van der Waals surface area (Å²) in [6.07, 6.45) is -0.323. The van der Waals surface area contributed by atoms with E-state index in [0.29, 0.717) is 0 Å². The van der Waals surface area contributed by atoms with Crippen molar-refractivity contribution >= 4 is 8.07 Å². The second-order valence-corrected chi connectivity index (χ2v) is 9.84. The maximum atomic E-state index is 13.5. The van der Waals surface area contributed by atoms with Gasteiger partial charge in [-0.2, -0.15) is 0 Å². The minimum Gasteiger partial charge on any atom is -0.203 e. The zero-order valence-corrected chi connectivity index (χ0v) is 11.7.